The first-order valence-corrected chi connectivity index (χ1v) is 9.44. The molecule has 0 aromatic heterocycles. The maximum absolute atomic E-state index is 14.4. The van der Waals surface area contributed by atoms with Gasteiger partial charge in [-0.1, -0.05) is 6.07 Å². The molecule has 0 fully saturated rings. The maximum atomic E-state index is 14.4. The Bertz CT molecular complexity index is 700. The molecule has 1 aliphatic rings. The second-order valence-corrected chi connectivity index (χ2v) is 7.30. The highest BCUT2D eigenvalue weighted by Crippen LogP contribution is 2.24. The SMILES string of the molecule is CCOCCS(=O)(=O)NCC(=O)Nc1ccc2c(c1F)CCNC2.Cl. The minimum atomic E-state index is -3.60. The molecule has 1 aromatic carbocycles. The van der Waals surface area contributed by atoms with E-state index < -0.39 is 28.3 Å². The molecule has 0 atom stereocenters. The van der Waals surface area contributed by atoms with Crippen molar-refractivity contribution in [1.82, 2.24) is 10.0 Å². The number of benzene rings is 1. The predicted molar refractivity (Wildman–Crippen MR) is 96.0 cm³/mol. The van der Waals surface area contributed by atoms with E-state index in [9.17, 15) is 17.6 Å². The van der Waals surface area contributed by atoms with Gasteiger partial charge in [0.2, 0.25) is 15.9 Å². The highest BCUT2D eigenvalue weighted by molar-refractivity contribution is 7.89. The average molecular weight is 396 g/mol. The summed E-state index contributed by atoms with van der Waals surface area (Å²) in [5.41, 5.74) is 1.52. The van der Waals surface area contributed by atoms with Crippen molar-refractivity contribution in [2.45, 2.75) is 19.9 Å². The Morgan fingerprint density at radius 2 is 2.16 bits per heavy atom. The molecule has 0 bridgehead atoms. The molecule has 3 N–H and O–H groups in total. The van der Waals surface area contributed by atoms with Gasteiger partial charge in [-0.15, -0.1) is 12.4 Å². The molecule has 0 radical (unpaired) electrons. The van der Waals surface area contributed by atoms with E-state index in [1.165, 1.54) is 6.07 Å². The fraction of sp³-hybridized carbons (Fsp3) is 0.533. The number of fused-ring (bicyclic) bond motifs is 1. The van der Waals surface area contributed by atoms with Crippen LogP contribution >= 0.6 is 12.4 Å². The minimum absolute atomic E-state index is 0. The Morgan fingerprint density at radius 3 is 2.88 bits per heavy atom. The Morgan fingerprint density at radius 1 is 1.40 bits per heavy atom. The molecule has 1 aliphatic heterocycles. The minimum Gasteiger partial charge on any atom is -0.381 e. The molecule has 1 amide bonds. The fourth-order valence-corrected chi connectivity index (χ4v) is 3.22. The molecular formula is C15H23ClFN3O4S. The van der Waals surface area contributed by atoms with E-state index in [2.05, 4.69) is 15.4 Å². The number of rotatable bonds is 8. The van der Waals surface area contributed by atoms with Gasteiger partial charge in [-0.2, -0.15) is 0 Å². The summed E-state index contributed by atoms with van der Waals surface area (Å²) in [6.07, 6.45) is 0.551. The van der Waals surface area contributed by atoms with Gasteiger partial charge in [0.15, 0.2) is 0 Å². The topological polar surface area (TPSA) is 96.5 Å². The summed E-state index contributed by atoms with van der Waals surface area (Å²) in [6.45, 7) is 3.06. The number of hydrogen-bond acceptors (Lipinski definition) is 5. The summed E-state index contributed by atoms with van der Waals surface area (Å²) < 4.78 is 44.9. The molecular weight excluding hydrogens is 373 g/mol. The number of amides is 1. The summed E-state index contributed by atoms with van der Waals surface area (Å²) in [6, 6.07) is 3.25. The van der Waals surface area contributed by atoms with Crippen LogP contribution in [0.15, 0.2) is 12.1 Å². The fourth-order valence-electron chi connectivity index (χ4n) is 2.39. The first-order valence-electron chi connectivity index (χ1n) is 7.79. The maximum Gasteiger partial charge on any atom is 0.239 e. The van der Waals surface area contributed by atoms with Crippen LogP contribution in [-0.2, 0) is 32.5 Å². The van der Waals surface area contributed by atoms with Crippen molar-refractivity contribution in [3.05, 3.63) is 29.1 Å². The van der Waals surface area contributed by atoms with Crippen molar-refractivity contribution in [2.75, 3.05) is 37.4 Å². The van der Waals surface area contributed by atoms with E-state index in [0.29, 0.717) is 31.7 Å². The van der Waals surface area contributed by atoms with Gasteiger partial charge >= 0.3 is 0 Å². The lowest BCUT2D eigenvalue weighted by Gasteiger charge is -2.19. The number of nitrogens with one attached hydrogen (secondary N) is 3. The van der Waals surface area contributed by atoms with E-state index in [1.54, 1.807) is 13.0 Å². The molecule has 7 nitrogen and oxygen atoms in total. The number of carbonyl (C=O) groups is 1. The zero-order chi connectivity index (χ0) is 17.6. The standard InChI is InChI=1S/C15H22FN3O4S.ClH/c1-2-23-7-8-24(21,22)18-10-14(20)19-13-4-3-11-9-17-6-5-12(11)15(13)16;/h3-4,17-18H,2,5-10H2,1H3,(H,19,20);1H. The first kappa shape index (κ1) is 21.8. The molecule has 0 aliphatic carbocycles. The third-order valence-corrected chi connectivity index (χ3v) is 4.92. The summed E-state index contributed by atoms with van der Waals surface area (Å²) in [5, 5.41) is 5.55. The van der Waals surface area contributed by atoms with Gasteiger partial charge in [-0.3, -0.25) is 4.79 Å². The number of ether oxygens (including phenoxy) is 1. The molecule has 0 unspecified atom stereocenters. The number of sulfonamides is 1. The highest BCUT2D eigenvalue weighted by Gasteiger charge is 2.18. The van der Waals surface area contributed by atoms with Crippen LogP contribution in [0.3, 0.4) is 0 Å². The van der Waals surface area contributed by atoms with Crippen LogP contribution in [0, 0.1) is 5.82 Å². The van der Waals surface area contributed by atoms with Crippen LogP contribution in [0.2, 0.25) is 0 Å². The van der Waals surface area contributed by atoms with Crippen LogP contribution in [0.1, 0.15) is 18.1 Å². The molecule has 0 saturated heterocycles. The summed E-state index contributed by atoms with van der Waals surface area (Å²) >= 11 is 0. The zero-order valence-electron chi connectivity index (χ0n) is 13.9. The third kappa shape index (κ3) is 6.52. The van der Waals surface area contributed by atoms with Crippen LogP contribution in [-0.4, -0.2) is 46.4 Å². The number of carbonyl (C=O) groups excluding carboxylic acids is 1. The van der Waals surface area contributed by atoms with Crippen LogP contribution in [0.25, 0.3) is 0 Å². The Balaban J connectivity index is 0.00000312. The van der Waals surface area contributed by atoms with Crippen molar-refractivity contribution in [3.8, 4) is 0 Å². The largest absolute Gasteiger partial charge is 0.381 e. The number of halogens is 2. The normalized spacial score (nSPS) is 13.7. The smallest absolute Gasteiger partial charge is 0.239 e. The number of anilines is 1. The van der Waals surface area contributed by atoms with Gasteiger partial charge in [0.05, 0.1) is 24.6 Å². The molecule has 142 valence electrons. The lowest BCUT2D eigenvalue weighted by atomic mass is 9.99. The monoisotopic (exact) mass is 395 g/mol. The van der Waals surface area contributed by atoms with Crippen LogP contribution in [0.4, 0.5) is 10.1 Å². The lowest BCUT2D eigenvalue weighted by molar-refractivity contribution is -0.115. The third-order valence-electron chi connectivity index (χ3n) is 3.63. The lowest BCUT2D eigenvalue weighted by Crippen LogP contribution is -2.35. The van der Waals surface area contributed by atoms with Crippen molar-refractivity contribution < 1.29 is 22.3 Å². The number of hydrogen-bond donors (Lipinski definition) is 3. The molecule has 1 aromatic rings. The van der Waals surface area contributed by atoms with E-state index in [-0.39, 0.29) is 30.5 Å². The van der Waals surface area contributed by atoms with Crippen LogP contribution < -0.4 is 15.4 Å². The zero-order valence-corrected chi connectivity index (χ0v) is 15.6. The average Bonchev–Trinajstić information content (AvgIpc) is 2.56. The molecule has 10 heteroatoms. The van der Waals surface area contributed by atoms with Gasteiger partial charge in [0, 0.05) is 13.2 Å². The van der Waals surface area contributed by atoms with Gasteiger partial charge in [-0.25, -0.2) is 17.5 Å². The Kier molecular flexibility index (Phi) is 8.74. The van der Waals surface area contributed by atoms with Crippen LogP contribution in [0.5, 0.6) is 0 Å². The summed E-state index contributed by atoms with van der Waals surface area (Å²) in [4.78, 5) is 11.9. The Hall–Kier alpha value is -1.26. The molecule has 25 heavy (non-hydrogen) atoms. The molecule has 0 saturated carbocycles. The van der Waals surface area contributed by atoms with Crippen molar-refractivity contribution >= 4 is 34.0 Å². The van der Waals surface area contributed by atoms with Crippen molar-refractivity contribution in [1.29, 1.82) is 0 Å². The summed E-state index contributed by atoms with van der Waals surface area (Å²) in [5.74, 6) is -1.31. The molecule has 2 rings (SSSR count). The van der Waals surface area contributed by atoms with Crippen molar-refractivity contribution in [2.24, 2.45) is 0 Å². The van der Waals surface area contributed by atoms with Gasteiger partial charge in [-0.05, 0) is 37.1 Å². The van der Waals surface area contributed by atoms with Crippen molar-refractivity contribution in [3.63, 3.8) is 0 Å². The summed E-state index contributed by atoms with van der Waals surface area (Å²) in [7, 11) is -3.60. The van der Waals surface area contributed by atoms with Gasteiger partial charge in [0.1, 0.15) is 5.82 Å². The Labute approximate surface area is 153 Å². The second-order valence-electron chi connectivity index (χ2n) is 5.38. The highest BCUT2D eigenvalue weighted by atomic mass is 35.5. The molecule has 0 spiro atoms. The predicted octanol–water partition coefficient (Wildman–Crippen LogP) is 0.788. The molecule has 1 heterocycles. The van der Waals surface area contributed by atoms with E-state index >= 15 is 0 Å². The van der Waals surface area contributed by atoms with Gasteiger partial charge < -0.3 is 15.4 Å². The van der Waals surface area contributed by atoms with Gasteiger partial charge in [0.25, 0.3) is 0 Å². The second kappa shape index (κ2) is 10.0. The van der Waals surface area contributed by atoms with E-state index in [4.69, 9.17) is 4.74 Å². The van der Waals surface area contributed by atoms with E-state index in [1.807, 2.05) is 0 Å². The first-order chi connectivity index (χ1) is 11.4. The quantitative estimate of drug-likeness (QED) is 0.565. The van der Waals surface area contributed by atoms with E-state index in [0.717, 1.165) is 5.56 Å².